The molecule has 0 aliphatic carbocycles. The van der Waals surface area contributed by atoms with Crippen LogP contribution in [-0.2, 0) is 0 Å². The Bertz CT molecular complexity index is 374. The van der Waals surface area contributed by atoms with Crippen molar-refractivity contribution in [1.29, 1.82) is 0 Å². The summed E-state index contributed by atoms with van der Waals surface area (Å²) in [5.74, 6) is -1.17. The summed E-state index contributed by atoms with van der Waals surface area (Å²) in [6.07, 6.45) is 0. The molecule has 2 nitrogen and oxygen atoms in total. The van der Waals surface area contributed by atoms with Crippen molar-refractivity contribution < 1.29 is 39.5 Å². The van der Waals surface area contributed by atoms with Gasteiger partial charge in [0.1, 0.15) is 0 Å². The van der Waals surface area contributed by atoms with Gasteiger partial charge in [0.2, 0.25) is 0 Å². The number of hydrogen-bond donors (Lipinski definition) is 0. The molecule has 0 amide bonds. The largest absolute Gasteiger partial charge is 1.00 e. The number of aromatic carboxylic acids is 1. The van der Waals surface area contributed by atoms with Crippen molar-refractivity contribution in [2.24, 2.45) is 0 Å². The molecule has 0 atom stereocenters. The Balaban J connectivity index is 0.00000196. The van der Waals surface area contributed by atoms with E-state index in [4.69, 9.17) is 11.6 Å². The molecule has 0 spiro atoms. The number of hydrogen-bond acceptors (Lipinski definition) is 2. The molecule has 0 aliphatic heterocycles. The maximum atomic E-state index is 10.7. The van der Waals surface area contributed by atoms with Gasteiger partial charge in [-0.15, -0.1) is 0 Å². The summed E-state index contributed by atoms with van der Waals surface area (Å²) in [6, 6.07) is 4.91. The molecule has 0 aromatic heterocycles. The van der Waals surface area contributed by atoms with Crippen LogP contribution in [0.5, 0.6) is 0 Å². The number of carbonyl (C=O) groups excluding carboxylic acids is 1. The molecule has 1 aromatic rings. The molecule has 0 unspecified atom stereocenters. The summed E-state index contributed by atoms with van der Waals surface area (Å²) in [7, 11) is -1.52. The van der Waals surface area contributed by atoms with Crippen molar-refractivity contribution in [3.05, 3.63) is 28.8 Å². The monoisotopic (exact) mass is 250 g/mol. The predicted molar refractivity (Wildman–Crippen MR) is 58.8 cm³/mol. The van der Waals surface area contributed by atoms with E-state index in [2.05, 4.69) is 19.6 Å². The first-order valence-corrected chi connectivity index (χ1v) is 8.21. The zero-order valence-corrected chi connectivity index (χ0v) is 13.2. The number of carboxylic acids is 1. The van der Waals surface area contributed by atoms with E-state index < -0.39 is 14.0 Å². The van der Waals surface area contributed by atoms with Crippen LogP contribution in [0.25, 0.3) is 0 Å². The van der Waals surface area contributed by atoms with E-state index in [1.165, 1.54) is 6.07 Å². The Hall–Kier alpha value is 0.197. The molecule has 76 valence electrons. The molecule has 0 fully saturated rings. The molecular formula is C10H12ClNaO2Si. The first-order chi connectivity index (χ1) is 6.30. The van der Waals surface area contributed by atoms with Gasteiger partial charge in [-0.3, -0.25) is 0 Å². The summed E-state index contributed by atoms with van der Waals surface area (Å²) in [5, 5.41) is 12.2. The Kier molecular flexibility index (Phi) is 5.58. The average Bonchev–Trinajstić information content (AvgIpc) is 2.01. The summed E-state index contributed by atoms with van der Waals surface area (Å²) in [5.41, 5.74) is 0.162. The van der Waals surface area contributed by atoms with Crippen LogP contribution in [0, 0.1) is 0 Å². The molecule has 5 heteroatoms. The molecule has 15 heavy (non-hydrogen) atoms. The van der Waals surface area contributed by atoms with E-state index in [0.29, 0.717) is 5.02 Å². The molecule has 0 saturated heterocycles. The normalized spacial score (nSPS) is 10.7. The van der Waals surface area contributed by atoms with E-state index >= 15 is 0 Å². The number of benzene rings is 1. The van der Waals surface area contributed by atoms with Gasteiger partial charge in [0.15, 0.2) is 0 Å². The standard InChI is InChI=1S/C10H13ClO2Si.Na/c1-14(2,3)9-5-7(10(12)13)4-8(11)6-9;/h4-6H,1-3H3,(H,12,13);/q;+1/p-1. The maximum Gasteiger partial charge on any atom is 1.00 e. The van der Waals surface area contributed by atoms with E-state index in [0.717, 1.165) is 5.19 Å². The van der Waals surface area contributed by atoms with Crippen molar-refractivity contribution >= 4 is 30.8 Å². The van der Waals surface area contributed by atoms with Crippen molar-refractivity contribution in [2.75, 3.05) is 0 Å². The van der Waals surface area contributed by atoms with Gasteiger partial charge >= 0.3 is 29.6 Å². The zero-order valence-electron chi connectivity index (χ0n) is 9.43. The van der Waals surface area contributed by atoms with Gasteiger partial charge in [-0.05, 0) is 17.7 Å². The van der Waals surface area contributed by atoms with Crippen molar-refractivity contribution in [3.63, 3.8) is 0 Å². The molecular weight excluding hydrogens is 239 g/mol. The van der Waals surface area contributed by atoms with Gasteiger partial charge in [-0.25, -0.2) is 0 Å². The van der Waals surface area contributed by atoms with E-state index in [1.807, 2.05) is 6.07 Å². The van der Waals surface area contributed by atoms with Crippen LogP contribution >= 0.6 is 11.6 Å². The molecule has 1 rings (SSSR count). The van der Waals surface area contributed by atoms with Gasteiger partial charge < -0.3 is 9.90 Å². The maximum absolute atomic E-state index is 10.7. The molecule has 1 aromatic carbocycles. The Morgan fingerprint density at radius 2 is 1.80 bits per heavy atom. The first kappa shape index (κ1) is 15.2. The van der Waals surface area contributed by atoms with Gasteiger partial charge in [-0.2, -0.15) is 0 Å². The summed E-state index contributed by atoms with van der Waals surface area (Å²) in [4.78, 5) is 10.7. The van der Waals surface area contributed by atoms with Gasteiger partial charge in [0.05, 0.1) is 14.0 Å². The van der Waals surface area contributed by atoms with Gasteiger partial charge in [-0.1, -0.05) is 42.5 Å². The minimum absolute atomic E-state index is 0. The number of carboxylic acid groups (broad SMARTS) is 1. The number of rotatable bonds is 2. The van der Waals surface area contributed by atoms with Crippen LogP contribution in [0.3, 0.4) is 0 Å². The summed E-state index contributed by atoms with van der Waals surface area (Å²) < 4.78 is 0. The van der Waals surface area contributed by atoms with Crippen molar-refractivity contribution in [1.82, 2.24) is 0 Å². The fraction of sp³-hybridized carbons (Fsp3) is 0.300. The molecule has 0 N–H and O–H groups in total. The number of carbonyl (C=O) groups is 1. The fourth-order valence-corrected chi connectivity index (χ4v) is 2.64. The quantitative estimate of drug-likeness (QED) is 0.585. The summed E-state index contributed by atoms with van der Waals surface area (Å²) >= 11 is 5.83. The fourth-order valence-electron chi connectivity index (χ4n) is 1.14. The number of halogens is 1. The first-order valence-electron chi connectivity index (χ1n) is 4.33. The Morgan fingerprint density at radius 3 is 2.20 bits per heavy atom. The van der Waals surface area contributed by atoms with Crippen molar-refractivity contribution in [3.8, 4) is 0 Å². The average molecular weight is 251 g/mol. The second-order valence-corrected chi connectivity index (χ2v) is 9.78. The van der Waals surface area contributed by atoms with Gasteiger partial charge in [0, 0.05) is 5.02 Å². The minimum atomic E-state index is -1.52. The summed E-state index contributed by atoms with van der Waals surface area (Å²) in [6.45, 7) is 6.41. The second kappa shape index (κ2) is 5.50. The second-order valence-electron chi connectivity index (χ2n) is 4.27. The van der Waals surface area contributed by atoms with Crippen LogP contribution in [0.4, 0.5) is 0 Å². The Morgan fingerprint density at radius 1 is 1.27 bits per heavy atom. The van der Waals surface area contributed by atoms with Gasteiger partial charge in [0.25, 0.3) is 0 Å². The van der Waals surface area contributed by atoms with Crippen LogP contribution in [0.15, 0.2) is 18.2 Å². The molecule has 0 saturated carbocycles. The van der Waals surface area contributed by atoms with Crippen molar-refractivity contribution in [2.45, 2.75) is 19.6 Å². The third-order valence-electron chi connectivity index (χ3n) is 2.00. The molecule has 0 radical (unpaired) electrons. The SMILES string of the molecule is C[Si](C)(C)c1cc(Cl)cc(C(=O)[O-])c1.[Na+]. The van der Waals surface area contributed by atoms with Crippen LogP contribution in [0.2, 0.25) is 24.7 Å². The smallest absolute Gasteiger partial charge is 0.545 e. The van der Waals surface area contributed by atoms with Crippen LogP contribution in [0.1, 0.15) is 10.4 Å². The van der Waals surface area contributed by atoms with Crippen LogP contribution in [-0.4, -0.2) is 14.0 Å². The molecule has 0 aliphatic rings. The third-order valence-corrected chi connectivity index (χ3v) is 4.24. The predicted octanol–water partition coefficient (Wildman–Crippen LogP) is -1.75. The molecule has 0 heterocycles. The topological polar surface area (TPSA) is 40.1 Å². The van der Waals surface area contributed by atoms with E-state index in [1.54, 1.807) is 6.07 Å². The molecule has 0 bridgehead atoms. The Labute approximate surface area is 118 Å². The van der Waals surface area contributed by atoms with E-state index in [-0.39, 0.29) is 35.1 Å². The third kappa shape index (κ3) is 4.29. The van der Waals surface area contributed by atoms with Crippen LogP contribution < -0.4 is 39.9 Å². The minimum Gasteiger partial charge on any atom is -0.545 e. The van der Waals surface area contributed by atoms with E-state index in [9.17, 15) is 9.90 Å². The zero-order chi connectivity index (χ0) is 10.9.